The van der Waals surface area contributed by atoms with Crippen LogP contribution >= 0.6 is 0 Å². The molecule has 0 aliphatic carbocycles. The molecule has 1 aromatic rings. The maximum absolute atomic E-state index is 15.0. The lowest BCUT2D eigenvalue weighted by Crippen LogP contribution is -2.61. The fraction of sp³-hybridized carbons (Fsp3) is 0.658. The third kappa shape index (κ3) is 6.62. The molecular formula is C38H57N3O6. The Hall–Kier alpha value is -3.17. The first-order valence-corrected chi connectivity index (χ1v) is 17.2. The Morgan fingerprint density at radius 1 is 1.09 bits per heavy atom. The zero-order valence-corrected chi connectivity index (χ0v) is 29.9. The molecule has 47 heavy (non-hydrogen) atoms. The fourth-order valence-electron chi connectivity index (χ4n) is 8.84. The van der Waals surface area contributed by atoms with Crippen molar-refractivity contribution in [1.82, 2.24) is 9.80 Å². The summed E-state index contributed by atoms with van der Waals surface area (Å²) in [5.41, 5.74) is -2.06. The van der Waals surface area contributed by atoms with Gasteiger partial charge in [0.2, 0.25) is 17.7 Å². The summed E-state index contributed by atoms with van der Waals surface area (Å²) in [4.78, 5) is 49.8. The maximum Gasteiger partial charge on any atom is 0.249 e. The number of hydrogen-bond acceptors (Lipinski definition) is 6. The molecule has 3 aliphatic heterocycles. The minimum Gasteiger partial charge on any atom is -0.494 e. The first kappa shape index (κ1) is 36.7. The van der Waals surface area contributed by atoms with Crippen LogP contribution in [0.5, 0.6) is 5.75 Å². The molecule has 2 bridgehead atoms. The van der Waals surface area contributed by atoms with Crippen LogP contribution < -0.4 is 9.64 Å². The van der Waals surface area contributed by atoms with Crippen molar-refractivity contribution in [3.05, 3.63) is 49.6 Å². The number of aliphatic hydroxyl groups is 1. The van der Waals surface area contributed by atoms with E-state index >= 15 is 4.79 Å². The second-order valence-electron chi connectivity index (χ2n) is 15.6. The molecule has 3 unspecified atom stereocenters. The number of anilines is 1. The van der Waals surface area contributed by atoms with E-state index in [4.69, 9.17) is 9.47 Å². The number of aliphatic hydroxyl groups excluding tert-OH is 1. The number of ether oxygens (including phenoxy) is 2. The Bertz CT molecular complexity index is 1340. The van der Waals surface area contributed by atoms with Crippen LogP contribution in [-0.4, -0.2) is 88.3 Å². The van der Waals surface area contributed by atoms with Crippen molar-refractivity contribution >= 4 is 23.4 Å². The smallest absolute Gasteiger partial charge is 0.249 e. The van der Waals surface area contributed by atoms with E-state index in [1.54, 1.807) is 22.0 Å². The van der Waals surface area contributed by atoms with Crippen LogP contribution in [0.25, 0.3) is 0 Å². The number of amides is 3. The van der Waals surface area contributed by atoms with Gasteiger partial charge in [-0.15, -0.1) is 13.2 Å². The topological polar surface area (TPSA) is 99.6 Å². The van der Waals surface area contributed by atoms with Crippen LogP contribution in [0.15, 0.2) is 49.6 Å². The van der Waals surface area contributed by atoms with E-state index in [-0.39, 0.29) is 42.2 Å². The van der Waals surface area contributed by atoms with Crippen molar-refractivity contribution in [3.8, 4) is 5.75 Å². The number of rotatable bonds is 15. The van der Waals surface area contributed by atoms with Gasteiger partial charge in [-0.25, -0.2) is 0 Å². The van der Waals surface area contributed by atoms with E-state index in [2.05, 4.69) is 54.7 Å². The molecule has 1 aromatic carbocycles. The highest BCUT2D eigenvalue weighted by molar-refractivity contribution is 6.03. The summed E-state index contributed by atoms with van der Waals surface area (Å²) >= 11 is 0. The molecule has 0 saturated carbocycles. The molecular weight excluding hydrogens is 594 g/mol. The van der Waals surface area contributed by atoms with Gasteiger partial charge in [0.05, 0.1) is 24.0 Å². The minimum atomic E-state index is -1.17. The molecule has 9 heteroatoms. The molecule has 0 radical (unpaired) electrons. The first-order chi connectivity index (χ1) is 22.0. The van der Waals surface area contributed by atoms with Gasteiger partial charge in [0.25, 0.3) is 0 Å². The Kier molecular flexibility index (Phi) is 10.7. The molecule has 3 fully saturated rings. The highest BCUT2D eigenvalue weighted by atomic mass is 16.5. The number of carbonyl (C=O) groups excluding carboxylic acids is 3. The lowest BCUT2D eigenvalue weighted by Gasteiger charge is -2.45. The second-order valence-corrected chi connectivity index (χ2v) is 15.6. The Morgan fingerprint density at radius 2 is 1.72 bits per heavy atom. The third-order valence-corrected chi connectivity index (χ3v) is 10.4. The zero-order chi connectivity index (χ0) is 34.9. The Balaban J connectivity index is 1.82. The van der Waals surface area contributed by atoms with Crippen LogP contribution in [-0.2, 0) is 19.1 Å². The predicted molar refractivity (Wildman–Crippen MR) is 185 cm³/mol. The van der Waals surface area contributed by atoms with E-state index in [0.717, 1.165) is 6.42 Å². The summed E-state index contributed by atoms with van der Waals surface area (Å²) in [6.45, 7) is 25.8. The highest BCUT2D eigenvalue weighted by Gasteiger charge is 2.80. The Morgan fingerprint density at radius 3 is 2.28 bits per heavy atom. The van der Waals surface area contributed by atoms with Crippen LogP contribution in [0.3, 0.4) is 0 Å². The summed E-state index contributed by atoms with van der Waals surface area (Å²) in [7, 11) is 0. The van der Waals surface area contributed by atoms with E-state index in [9.17, 15) is 14.7 Å². The van der Waals surface area contributed by atoms with Crippen molar-refractivity contribution in [2.45, 2.75) is 104 Å². The number of benzene rings is 1. The van der Waals surface area contributed by atoms with Gasteiger partial charge in [-0.2, -0.15) is 0 Å². The average molecular weight is 652 g/mol. The fourth-order valence-corrected chi connectivity index (χ4v) is 8.84. The third-order valence-electron chi connectivity index (χ3n) is 10.4. The summed E-state index contributed by atoms with van der Waals surface area (Å²) in [6, 6.07) is 6.44. The average Bonchev–Trinajstić information content (AvgIpc) is 3.50. The van der Waals surface area contributed by atoms with Crippen molar-refractivity contribution in [2.24, 2.45) is 23.2 Å². The van der Waals surface area contributed by atoms with Gasteiger partial charge in [0, 0.05) is 37.5 Å². The number of nitrogens with zero attached hydrogens (tertiary/aromatic N) is 3. The lowest BCUT2D eigenvalue weighted by atomic mass is 9.62. The monoisotopic (exact) mass is 651 g/mol. The van der Waals surface area contributed by atoms with Gasteiger partial charge < -0.3 is 29.3 Å². The zero-order valence-electron chi connectivity index (χ0n) is 29.9. The van der Waals surface area contributed by atoms with Crippen LogP contribution in [0, 0.1) is 23.2 Å². The number of hydrogen-bond donors (Lipinski definition) is 1. The summed E-state index contributed by atoms with van der Waals surface area (Å²) in [5, 5.41) is 9.59. The van der Waals surface area contributed by atoms with Crippen LogP contribution in [0.4, 0.5) is 5.69 Å². The van der Waals surface area contributed by atoms with Crippen molar-refractivity contribution < 1.29 is 29.0 Å². The standard InChI is InChI=1S/C38H57N3O6/c1-11-20-39(27-16-18-28(19-17-27)46-13-3)32(43)29-30-33(44)40(22-14-15-23-42)31(38(30)24-26(4)37(29,10)47-38)34(45)41(21-12-2)36(8,9)25-35(5,6)7/h11-12,16-19,26,29-31,42H,1-2,13-15,20-25H2,3-10H3/t26?,29-,30-,31?,37+,38?/m0/s1. The van der Waals surface area contributed by atoms with Gasteiger partial charge in [-0.1, -0.05) is 39.8 Å². The Labute approximate surface area is 281 Å². The summed E-state index contributed by atoms with van der Waals surface area (Å²) < 4.78 is 12.7. The second kappa shape index (κ2) is 13.7. The number of fused-ring (bicyclic) bond motifs is 1. The SMILES string of the molecule is C=CCN(C(=O)[C@@H]1[C@H]2C(=O)N(CCCCO)C(C(=O)N(CC=C)C(C)(C)CC(C)(C)C)C23CC(C)[C@@]1(C)O3)c1ccc(OCC)cc1. The van der Waals surface area contributed by atoms with Crippen LogP contribution in [0.2, 0.25) is 0 Å². The van der Waals surface area contributed by atoms with Gasteiger partial charge in [-0.05, 0) is 89.0 Å². The maximum atomic E-state index is 15.0. The molecule has 260 valence electrons. The highest BCUT2D eigenvalue weighted by Crippen LogP contribution is 2.65. The summed E-state index contributed by atoms with van der Waals surface area (Å²) in [5.74, 6) is -1.65. The molecule has 3 aliphatic rings. The quantitative estimate of drug-likeness (QED) is 0.195. The van der Waals surface area contributed by atoms with E-state index in [1.165, 1.54) is 0 Å². The number of unbranched alkanes of at least 4 members (excludes halogenated alkanes) is 1. The molecule has 1 N–H and O–H groups in total. The molecule has 9 nitrogen and oxygen atoms in total. The van der Waals surface area contributed by atoms with Crippen molar-refractivity contribution in [3.63, 3.8) is 0 Å². The van der Waals surface area contributed by atoms with Gasteiger partial charge in [0.15, 0.2) is 0 Å². The molecule has 3 heterocycles. The van der Waals surface area contributed by atoms with Crippen molar-refractivity contribution in [1.29, 1.82) is 0 Å². The largest absolute Gasteiger partial charge is 0.494 e. The van der Waals surface area contributed by atoms with E-state index < -0.39 is 34.6 Å². The van der Waals surface area contributed by atoms with E-state index in [1.807, 2.05) is 43.0 Å². The summed E-state index contributed by atoms with van der Waals surface area (Å²) in [6.07, 6.45) is 5.66. The number of likely N-dealkylation sites (tertiary alicyclic amines) is 1. The first-order valence-electron chi connectivity index (χ1n) is 17.2. The predicted octanol–water partition coefficient (Wildman–Crippen LogP) is 5.62. The van der Waals surface area contributed by atoms with Crippen LogP contribution in [0.1, 0.15) is 81.1 Å². The molecule has 0 aromatic heterocycles. The molecule has 3 saturated heterocycles. The molecule has 3 amide bonds. The lowest BCUT2D eigenvalue weighted by molar-refractivity contribution is -0.156. The van der Waals surface area contributed by atoms with Gasteiger partial charge in [0.1, 0.15) is 17.4 Å². The van der Waals surface area contributed by atoms with Crippen molar-refractivity contribution in [2.75, 3.05) is 37.7 Å². The molecule has 1 spiro atoms. The van der Waals surface area contributed by atoms with E-state index in [0.29, 0.717) is 50.4 Å². The van der Waals surface area contributed by atoms with Gasteiger partial charge >= 0.3 is 0 Å². The normalized spacial score (nSPS) is 28.3. The minimum absolute atomic E-state index is 0.0122. The number of carbonyl (C=O) groups is 3. The molecule has 4 rings (SSSR count). The molecule has 6 atom stereocenters. The van der Waals surface area contributed by atoms with Gasteiger partial charge in [-0.3, -0.25) is 14.4 Å².